The van der Waals surface area contributed by atoms with Crippen molar-refractivity contribution in [3.63, 3.8) is 0 Å². The monoisotopic (exact) mass is 307 g/mol. The van der Waals surface area contributed by atoms with Gasteiger partial charge in [-0.25, -0.2) is 0 Å². The van der Waals surface area contributed by atoms with Gasteiger partial charge in [-0.1, -0.05) is 18.2 Å². The van der Waals surface area contributed by atoms with Crippen molar-refractivity contribution in [3.05, 3.63) is 65.4 Å². The lowest BCUT2D eigenvalue weighted by atomic mass is 10.0. The number of quaternary nitrogens is 1. The van der Waals surface area contributed by atoms with E-state index >= 15 is 0 Å². The fourth-order valence-corrected chi connectivity index (χ4v) is 3.64. The predicted molar refractivity (Wildman–Crippen MR) is 92.9 cm³/mol. The molecule has 0 bridgehead atoms. The van der Waals surface area contributed by atoms with Gasteiger partial charge in [-0.05, 0) is 42.8 Å². The summed E-state index contributed by atoms with van der Waals surface area (Å²) in [5.41, 5.74) is 5.59. The molecule has 1 aliphatic heterocycles. The number of aromatic amines is 1. The molecule has 1 aliphatic rings. The van der Waals surface area contributed by atoms with Crippen LogP contribution in [0.1, 0.15) is 23.7 Å². The molecule has 0 saturated carbocycles. The first-order valence-corrected chi connectivity index (χ1v) is 8.47. The van der Waals surface area contributed by atoms with E-state index in [4.69, 9.17) is 4.74 Å². The molecule has 23 heavy (non-hydrogen) atoms. The van der Waals surface area contributed by atoms with Crippen molar-refractivity contribution in [3.8, 4) is 5.75 Å². The molecule has 0 spiro atoms. The average Bonchev–Trinajstić information content (AvgIpc) is 2.94. The fourth-order valence-electron chi connectivity index (χ4n) is 3.64. The summed E-state index contributed by atoms with van der Waals surface area (Å²) in [5, 5.41) is 1.41. The van der Waals surface area contributed by atoms with Crippen molar-refractivity contribution in [2.45, 2.75) is 26.4 Å². The van der Waals surface area contributed by atoms with Crippen molar-refractivity contribution in [2.24, 2.45) is 0 Å². The summed E-state index contributed by atoms with van der Waals surface area (Å²) in [5.74, 6) is 0.961. The zero-order chi connectivity index (χ0) is 15.6. The Morgan fingerprint density at radius 2 is 1.91 bits per heavy atom. The molecule has 2 heterocycles. The smallest absolute Gasteiger partial charge is 0.119 e. The minimum absolute atomic E-state index is 0.722. The fraction of sp³-hybridized carbons (Fsp3) is 0.300. The van der Waals surface area contributed by atoms with Crippen LogP contribution in [0.15, 0.2) is 48.5 Å². The van der Waals surface area contributed by atoms with Crippen LogP contribution in [-0.4, -0.2) is 18.1 Å². The number of aromatic nitrogens is 1. The highest BCUT2D eigenvalue weighted by Gasteiger charge is 2.23. The highest BCUT2D eigenvalue weighted by molar-refractivity contribution is 5.84. The molecule has 0 amide bonds. The van der Waals surface area contributed by atoms with E-state index in [1.54, 1.807) is 4.90 Å². The second-order valence-corrected chi connectivity index (χ2v) is 6.31. The molecule has 3 nitrogen and oxygen atoms in total. The van der Waals surface area contributed by atoms with Gasteiger partial charge in [-0.2, -0.15) is 0 Å². The lowest BCUT2D eigenvalue weighted by molar-refractivity contribution is -0.929. The first kappa shape index (κ1) is 14.3. The van der Waals surface area contributed by atoms with E-state index < -0.39 is 0 Å². The van der Waals surface area contributed by atoms with Crippen LogP contribution < -0.4 is 9.64 Å². The molecule has 3 aromatic rings. The van der Waals surface area contributed by atoms with Gasteiger partial charge in [0.25, 0.3) is 0 Å². The molecule has 1 atom stereocenters. The molecule has 2 aromatic carbocycles. The van der Waals surface area contributed by atoms with Crippen LogP contribution in [0.25, 0.3) is 10.9 Å². The predicted octanol–water partition coefficient (Wildman–Crippen LogP) is 2.71. The quantitative estimate of drug-likeness (QED) is 0.762. The highest BCUT2D eigenvalue weighted by Crippen LogP contribution is 2.23. The maximum absolute atomic E-state index is 5.52. The Balaban J connectivity index is 1.49. The van der Waals surface area contributed by atoms with Gasteiger partial charge in [0.05, 0.1) is 18.8 Å². The van der Waals surface area contributed by atoms with Crippen LogP contribution >= 0.6 is 0 Å². The lowest BCUT2D eigenvalue weighted by Gasteiger charge is -2.24. The second-order valence-electron chi connectivity index (χ2n) is 6.31. The number of ether oxygens (including phenoxy) is 1. The first-order chi connectivity index (χ1) is 11.3. The molecule has 4 rings (SSSR count). The Morgan fingerprint density at radius 3 is 2.74 bits per heavy atom. The number of fused-ring (bicyclic) bond motifs is 3. The summed E-state index contributed by atoms with van der Waals surface area (Å²) in [7, 11) is 0. The number of H-pyrrole nitrogens is 1. The third-order valence-electron chi connectivity index (χ3n) is 4.75. The maximum Gasteiger partial charge on any atom is 0.119 e. The second kappa shape index (κ2) is 6.09. The standard InChI is InChI=1S/C20H22N2O/c1-2-23-16-9-7-15(8-10-16)13-22-12-11-18-17-5-3-4-6-19(17)21-20(18)14-22/h3-10,21H,2,11-14H2,1H3/p+1. The van der Waals surface area contributed by atoms with Crippen LogP contribution in [0, 0.1) is 0 Å². The number of hydrogen-bond acceptors (Lipinski definition) is 1. The summed E-state index contributed by atoms with van der Waals surface area (Å²) in [4.78, 5) is 5.24. The molecule has 0 aliphatic carbocycles. The summed E-state index contributed by atoms with van der Waals surface area (Å²) in [6, 6.07) is 17.2. The van der Waals surface area contributed by atoms with Crippen LogP contribution in [-0.2, 0) is 19.5 Å². The molecule has 1 unspecified atom stereocenters. The van der Waals surface area contributed by atoms with E-state index in [0.29, 0.717) is 0 Å². The Labute approximate surface area is 136 Å². The Kier molecular flexibility index (Phi) is 3.80. The average molecular weight is 307 g/mol. The topological polar surface area (TPSA) is 29.5 Å². The minimum atomic E-state index is 0.722. The summed E-state index contributed by atoms with van der Waals surface area (Å²) >= 11 is 0. The van der Waals surface area contributed by atoms with Gasteiger partial charge in [0.1, 0.15) is 18.8 Å². The lowest BCUT2D eigenvalue weighted by Crippen LogP contribution is -3.10. The molecular weight excluding hydrogens is 284 g/mol. The van der Waals surface area contributed by atoms with E-state index in [9.17, 15) is 0 Å². The van der Waals surface area contributed by atoms with Gasteiger partial charge in [-0.3, -0.25) is 0 Å². The molecule has 0 fully saturated rings. The van der Waals surface area contributed by atoms with Crippen LogP contribution in [0.5, 0.6) is 5.75 Å². The Morgan fingerprint density at radius 1 is 1.09 bits per heavy atom. The Hall–Kier alpha value is -2.26. The van der Waals surface area contributed by atoms with E-state index in [-0.39, 0.29) is 0 Å². The third-order valence-corrected chi connectivity index (χ3v) is 4.75. The minimum Gasteiger partial charge on any atom is -0.494 e. The van der Waals surface area contributed by atoms with Crippen LogP contribution in [0.4, 0.5) is 0 Å². The Bertz CT molecular complexity index is 804. The van der Waals surface area contributed by atoms with Crippen molar-refractivity contribution < 1.29 is 9.64 Å². The van der Waals surface area contributed by atoms with Crippen molar-refractivity contribution in [2.75, 3.05) is 13.2 Å². The summed E-state index contributed by atoms with van der Waals surface area (Å²) < 4.78 is 5.52. The molecular formula is C20H23N2O+. The number of rotatable bonds is 4. The summed E-state index contributed by atoms with van der Waals surface area (Å²) in [6.45, 7) is 6.09. The highest BCUT2D eigenvalue weighted by atomic mass is 16.5. The zero-order valence-corrected chi connectivity index (χ0v) is 13.6. The molecule has 0 saturated heterocycles. The first-order valence-electron chi connectivity index (χ1n) is 8.47. The largest absolute Gasteiger partial charge is 0.494 e. The molecule has 1 aromatic heterocycles. The van der Waals surface area contributed by atoms with E-state index in [1.807, 2.05) is 6.92 Å². The van der Waals surface area contributed by atoms with Crippen molar-refractivity contribution in [1.29, 1.82) is 0 Å². The van der Waals surface area contributed by atoms with Crippen LogP contribution in [0.3, 0.4) is 0 Å². The zero-order valence-electron chi connectivity index (χ0n) is 13.6. The third kappa shape index (κ3) is 2.84. The van der Waals surface area contributed by atoms with Crippen molar-refractivity contribution in [1.82, 2.24) is 4.98 Å². The molecule has 0 radical (unpaired) electrons. The number of hydrogen-bond donors (Lipinski definition) is 2. The number of nitrogens with one attached hydrogen (secondary N) is 2. The maximum atomic E-state index is 5.52. The van der Waals surface area contributed by atoms with E-state index in [1.165, 1.54) is 34.3 Å². The van der Waals surface area contributed by atoms with Gasteiger partial charge in [0.2, 0.25) is 0 Å². The van der Waals surface area contributed by atoms with Gasteiger partial charge >= 0.3 is 0 Å². The van der Waals surface area contributed by atoms with Gasteiger partial charge in [0, 0.05) is 22.9 Å². The van der Waals surface area contributed by atoms with E-state index in [2.05, 4.69) is 53.5 Å². The molecule has 2 N–H and O–H groups in total. The molecule has 118 valence electrons. The SMILES string of the molecule is CCOc1ccc(C[NH+]2CCc3c([nH]c4ccccc34)C2)cc1. The van der Waals surface area contributed by atoms with Gasteiger partial charge in [0.15, 0.2) is 0 Å². The van der Waals surface area contributed by atoms with Crippen LogP contribution in [0.2, 0.25) is 0 Å². The number of benzene rings is 2. The number of para-hydroxylation sites is 1. The summed E-state index contributed by atoms with van der Waals surface area (Å²) in [6.07, 6.45) is 1.16. The molecule has 3 heteroatoms. The van der Waals surface area contributed by atoms with Crippen molar-refractivity contribution >= 4 is 10.9 Å². The van der Waals surface area contributed by atoms with Gasteiger partial charge in [-0.15, -0.1) is 0 Å². The van der Waals surface area contributed by atoms with E-state index in [0.717, 1.165) is 31.9 Å². The normalized spacial score (nSPS) is 17.2. The van der Waals surface area contributed by atoms with Gasteiger partial charge < -0.3 is 14.6 Å².